The molecule has 6 nitrogen and oxygen atoms in total. The first kappa shape index (κ1) is 14.6. The fourth-order valence-corrected chi connectivity index (χ4v) is 2.17. The summed E-state index contributed by atoms with van der Waals surface area (Å²) in [4.78, 5) is 22.0. The molecule has 1 N–H and O–H groups in total. The smallest absolute Gasteiger partial charge is 0.411 e. The number of amides is 1. The van der Waals surface area contributed by atoms with E-state index in [2.05, 4.69) is 15.3 Å². The number of likely N-dealkylation sites (tertiary alicyclic amines) is 1. The summed E-state index contributed by atoms with van der Waals surface area (Å²) in [6, 6.07) is 1.79. The number of nitrogens with one attached hydrogen (secondary N) is 1. The lowest BCUT2D eigenvalue weighted by molar-refractivity contribution is 0.0130. The van der Waals surface area contributed by atoms with Crippen LogP contribution >= 0.6 is 0 Å². The van der Waals surface area contributed by atoms with Crippen LogP contribution in [0, 0.1) is 0 Å². The lowest BCUT2D eigenvalue weighted by Crippen LogP contribution is -2.49. The largest absolute Gasteiger partial charge is 0.444 e. The van der Waals surface area contributed by atoms with Crippen LogP contribution < -0.4 is 5.32 Å². The minimum Gasteiger partial charge on any atom is -0.444 e. The zero-order valence-electron chi connectivity index (χ0n) is 12.3. The third-order valence-corrected chi connectivity index (χ3v) is 3.03. The number of rotatable bonds is 2. The van der Waals surface area contributed by atoms with Crippen molar-refractivity contribution in [3.05, 3.63) is 18.6 Å². The standard InChI is InChI=1S/C14H22N4O2/c1-14(2,3)20-13(19)18-9-5-4-6-12(18)17-11-7-8-15-10-16-11/h7-8,10,12H,4-6,9H2,1-3H3,(H,15,16,17). The molecule has 2 rings (SSSR count). The van der Waals surface area contributed by atoms with E-state index in [-0.39, 0.29) is 12.3 Å². The average Bonchev–Trinajstić information content (AvgIpc) is 2.38. The highest BCUT2D eigenvalue weighted by Crippen LogP contribution is 2.21. The second-order valence-corrected chi connectivity index (χ2v) is 5.92. The first-order chi connectivity index (χ1) is 9.46. The number of nitrogens with zero attached hydrogens (tertiary/aromatic N) is 3. The number of carbonyl (C=O) groups is 1. The summed E-state index contributed by atoms with van der Waals surface area (Å²) in [7, 11) is 0. The van der Waals surface area contributed by atoms with Gasteiger partial charge in [-0.25, -0.2) is 14.8 Å². The van der Waals surface area contributed by atoms with Gasteiger partial charge in [-0.15, -0.1) is 0 Å². The molecule has 1 unspecified atom stereocenters. The zero-order valence-corrected chi connectivity index (χ0v) is 12.3. The van der Waals surface area contributed by atoms with Gasteiger partial charge in [0.1, 0.15) is 23.9 Å². The average molecular weight is 278 g/mol. The second-order valence-electron chi connectivity index (χ2n) is 5.92. The first-order valence-electron chi connectivity index (χ1n) is 6.98. The maximum absolute atomic E-state index is 12.2. The number of carbonyl (C=O) groups excluding carboxylic acids is 1. The molecule has 0 aliphatic carbocycles. The van der Waals surface area contributed by atoms with E-state index >= 15 is 0 Å². The molecule has 0 spiro atoms. The first-order valence-corrected chi connectivity index (χ1v) is 6.98. The molecule has 2 heterocycles. The monoisotopic (exact) mass is 278 g/mol. The Labute approximate surface area is 119 Å². The third kappa shape index (κ3) is 4.08. The summed E-state index contributed by atoms with van der Waals surface area (Å²) < 4.78 is 5.46. The van der Waals surface area contributed by atoms with Crippen LogP contribution in [0.2, 0.25) is 0 Å². The van der Waals surface area contributed by atoms with E-state index in [1.54, 1.807) is 17.2 Å². The Balaban J connectivity index is 2.03. The van der Waals surface area contributed by atoms with Gasteiger partial charge < -0.3 is 10.1 Å². The van der Waals surface area contributed by atoms with Gasteiger partial charge in [-0.3, -0.25) is 4.90 Å². The highest BCUT2D eigenvalue weighted by Gasteiger charge is 2.30. The van der Waals surface area contributed by atoms with Crippen molar-refractivity contribution < 1.29 is 9.53 Å². The maximum atomic E-state index is 12.2. The van der Waals surface area contributed by atoms with Crippen LogP contribution in [0.25, 0.3) is 0 Å². The number of ether oxygens (including phenoxy) is 1. The Hall–Kier alpha value is -1.85. The minimum absolute atomic E-state index is 0.0755. The van der Waals surface area contributed by atoms with Gasteiger partial charge in [-0.1, -0.05) is 0 Å². The van der Waals surface area contributed by atoms with Crippen LogP contribution in [0.4, 0.5) is 10.6 Å². The normalized spacial score (nSPS) is 19.6. The van der Waals surface area contributed by atoms with Crippen molar-refractivity contribution in [2.75, 3.05) is 11.9 Å². The van der Waals surface area contributed by atoms with Gasteiger partial charge in [0.15, 0.2) is 0 Å². The summed E-state index contributed by atoms with van der Waals surface area (Å²) >= 11 is 0. The van der Waals surface area contributed by atoms with Crippen molar-refractivity contribution >= 4 is 11.9 Å². The van der Waals surface area contributed by atoms with E-state index in [1.807, 2.05) is 20.8 Å². The van der Waals surface area contributed by atoms with Crippen molar-refractivity contribution in [1.82, 2.24) is 14.9 Å². The molecular formula is C14H22N4O2. The predicted molar refractivity (Wildman–Crippen MR) is 76.2 cm³/mol. The SMILES string of the molecule is CC(C)(C)OC(=O)N1CCCCC1Nc1ccncn1. The van der Waals surface area contributed by atoms with E-state index in [0.29, 0.717) is 6.54 Å². The number of hydrogen-bond donors (Lipinski definition) is 1. The molecule has 1 atom stereocenters. The molecule has 1 aliphatic rings. The van der Waals surface area contributed by atoms with Crippen molar-refractivity contribution in [2.24, 2.45) is 0 Å². The molecule has 110 valence electrons. The Bertz CT molecular complexity index is 444. The van der Waals surface area contributed by atoms with Gasteiger partial charge in [-0.05, 0) is 46.1 Å². The molecule has 0 saturated carbocycles. The molecule has 1 aliphatic heterocycles. The number of piperidine rings is 1. The molecule has 1 saturated heterocycles. The summed E-state index contributed by atoms with van der Waals surface area (Å²) in [5.74, 6) is 0.723. The lowest BCUT2D eigenvalue weighted by atomic mass is 10.1. The van der Waals surface area contributed by atoms with Gasteiger partial charge in [0, 0.05) is 12.7 Å². The summed E-state index contributed by atoms with van der Waals surface area (Å²) in [5, 5.41) is 3.27. The predicted octanol–water partition coefficient (Wildman–Crippen LogP) is 2.64. The van der Waals surface area contributed by atoms with Crippen LogP contribution in [0.3, 0.4) is 0 Å². The molecule has 20 heavy (non-hydrogen) atoms. The van der Waals surface area contributed by atoms with Crippen LogP contribution in [0.5, 0.6) is 0 Å². The lowest BCUT2D eigenvalue weighted by Gasteiger charge is -2.37. The van der Waals surface area contributed by atoms with Crippen LogP contribution in [-0.4, -0.2) is 39.3 Å². The molecule has 0 radical (unpaired) electrons. The zero-order chi connectivity index (χ0) is 14.6. The Kier molecular flexibility index (Phi) is 4.42. The minimum atomic E-state index is -0.478. The number of anilines is 1. The summed E-state index contributed by atoms with van der Waals surface area (Å²) in [6.07, 6.45) is 5.79. The molecule has 1 aromatic heterocycles. The van der Waals surface area contributed by atoms with Crippen LogP contribution in [-0.2, 0) is 4.74 Å². The fraction of sp³-hybridized carbons (Fsp3) is 0.643. The molecule has 0 bridgehead atoms. The van der Waals surface area contributed by atoms with E-state index < -0.39 is 5.60 Å². The molecule has 1 amide bonds. The van der Waals surface area contributed by atoms with Gasteiger partial charge >= 0.3 is 6.09 Å². The van der Waals surface area contributed by atoms with Gasteiger partial charge in [-0.2, -0.15) is 0 Å². The van der Waals surface area contributed by atoms with E-state index in [9.17, 15) is 4.79 Å². The van der Waals surface area contributed by atoms with Gasteiger partial charge in [0.2, 0.25) is 0 Å². The third-order valence-electron chi connectivity index (χ3n) is 3.03. The number of hydrogen-bond acceptors (Lipinski definition) is 5. The van der Waals surface area contributed by atoms with Crippen LogP contribution in [0.15, 0.2) is 18.6 Å². The molecule has 1 aromatic rings. The fourth-order valence-electron chi connectivity index (χ4n) is 2.17. The highest BCUT2D eigenvalue weighted by molar-refractivity contribution is 5.69. The summed E-state index contributed by atoms with van der Waals surface area (Å²) in [6.45, 7) is 6.34. The van der Waals surface area contributed by atoms with Gasteiger partial charge in [0.05, 0.1) is 0 Å². The summed E-state index contributed by atoms with van der Waals surface area (Å²) in [5.41, 5.74) is -0.478. The van der Waals surface area contributed by atoms with Crippen molar-refractivity contribution in [2.45, 2.75) is 51.8 Å². The van der Waals surface area contributed by atoms with Crippen molar-refractivity contribution in [3.8, 4) is 0 Å². The molecule has 6 heteroatoms. The molecule has 0 aromatic carbocycles. The molecule has 1 fully saturated rings. The maximum Gasteiger partial charge on any atom is 0.411 e. The van der Waals surface area contributed by atoms with Crippen molar-refractivity contribution in [3.63, 3.8) is 0 Å². The number of aromatic nitrogens is 2. The van der Waals surface area contributed by atoms with Crippen molar-refractivity contribution in [1.29, 1.82) is 0 Å². The quantitative estimate of drug-likeness (QED) is 0.900. The highest BCUT2D eigenvalue weighted by atomic mass is 16.6. The van der Waals surface area contributed by atoms with E-state index in [4.69, 9.17) is 4.74 Å². The second kappa shape index (κ2) is 6.07. The van der Waals surface area contributed by atoms with Gasteiger partial charge in [0.25, 0.3) is 0 Å². The van der Waals surface area contributed by atoms with Crippen LogP contribution in [0.1, 0.15) is 40.0 Å². The Morgan fingerprint density at radius 2 is 2.25 bits per heavy atom. The van der Waals surface area contributed by atoms with E-state index in [1.165, 1.54) is 6.33 Å². The Morgan fingerprint density at radius 1 is 1.45 bits per heavy atom. The topological polar surface area (TPSA) is 67.3 Å². The van der Waals surface area contributed by atoms with E-state index in [0.717, 1.165) is 25.1 Å². The Morgan fingerprint density at radius 3 is 2.90 bits per heavy atom. The molecular weight excluding hydrogens is 256 g/mol.